The zero-order valence-corrected chi connectivity index (χ0v) is 14.9. The summed E-state index contributed by atoms with van der Waals surface area (Å²) in [5.74, 6) is 0.910. The van der Waals surface area contributed by atoms with Gasteiger partial charge in [0.2, 0.25) is 0 Å². The molecule has 0 radical (unpaired) electrons. The molecule has 0 spiro atoms. The largest absolute Gasteiger partial charge is 0.490 e. The van der Waals surface area contributed by atoms with Crippen LogP contribution in [0.3, 0.4) is 0 Å². The van der Waals surface area contributed by atoms with Crippen LogP contribution < -0.4 is 10.1 Å². The van der Waals surface area contributed by atoms with Crippen LogP contribution in [0.4, 0.5) is 0 Å². The van der Waals surface area contributed by atoms with Crippen molar-refractivity contribution < 1.29 is 9.53 Å². The fourth-order valence-corrected chi connectivity index (χ4v) is 3.43. The second-order valence-electron chi connectivity index (χ2n) is 6.83. The van der Waals surface area contributed by atoms with Gasteiger partial charge in [0.05, 0.1) is 17.3 Å². The number of nitrogens with zero attached hydrogens (tertiary/aromatic N) is 2. The van der Waals surface area contributed by atoms with E-state index in [9.17, 15) is 4.79 Å². The lowest BCUT2D eigenvalue weighted by Gasteiger charge is -2.36. The molecule has 1 fully saturated rings. The van der Waals surface area contributed by atoms with Crippen LogP contribution in [-0.4, -0.2) is 27.7 Å². The van der Waals surface area contributed by atoms with E-state index in [2.05, 4.69) is 29.5 Å². The Kier molecular flexibility index (Phi) is 4.61. The standard InChI is InChI=1S/C21H23N3O2/c1-2-7-15-8-3-4-10-20(15)26-17-12-16(13-17)23-21(25)18-14-22-24-11-6-5-9-19(18)24/h3-6,8-11,14,16-17H,2,7,12-13H2,1H3,(H,23,25)/t16-,17-. The van der Waals surface area contributed by atoms with E-state index >= 15 is 0 Å². The Morgan fingerprint density at radius 2 is 2.04 bits per heavy atom. The molecule has 1 aliphatic carbocycles. The van der Waals surface area contributed by atoms with E-state index in [-0.39, 0.29) is 18.1 Å². The molecule has 0 unspecified atom stereocenters. The SMILES string of the molecule is CCCc1ccccc1O[C@H]1C[C@H](NC(=O)c2cnn3ccccc23)C1. The third kappa shape index (κ3) is 3.29. The molecule has 0 bridgehead atoms. The molecule has 1 amide bonds. The number of rotatable bonds is 6. The first-order chi connectivity index (χ1) is 12.7. The van der Waals surface area contributed by atoms with E-state index in [0.717, 1.165) is 36.9 Å². The highest BCUT2D eigenvalue weighted by molar-refractivity contribution is 6.00. The lowest BCUT2D eigenvalue weighted by Crippen LogP contribution is -2.49. The summed E-state index contributed by atoms with van der Waals surface area (Å²) >= 11 is 0. The zero-order valence-electron chi connectivity index (χ0n) is 14.9. The Morgan fingerprint density at radius 3 is 2.88 bits per heavy atom. The van der Waals surface area contributed by atoms with Gasteiger partial charge in [-0.3, -0.25) is 4.79 Å². The lowest BCUT2D eigenvalue weighted by molar-refractivity contribution is 0.0697. The second kappa shape index (κ2) is 7.20. The van der Waals surface area contributed by atoms with Crippen molar-refractivity contribution in [3.63, 3.8) is 0 Å². The van der Waals surface area contributed by atoms with Gasteiger partial charge in [-0.05, 0) is 30.2 Å². The van der Waals surface area contributed by atoms with Crippen molar-refractivity contribution in [2.75, 3.05) is 0 Å². The van der Waals surface area contributed by atoms with Crippen molar-refractivity contribution in [2.45, 2.75) is 44.8 Å². The summed E-state index contributed by atoms with van der Waals surface area (Å²) in [5, 5.41) is 7.31. The van der Waals surface area contributed by atoms with Gasteiger partial charge in [0.25, 0.3) is 5.91 Å². The van der Waals surface area contributed by atoms with Crippen molar-refractivity contribution >= 4 is 11.4 Å². The van der Waals surface area contributed by atoms with Gasteiger partial charge in [0.1, 0.15) is 11.9 Å². The van der Waals surface area contributed by atoms with Crippen LogP contribution in [0.1, 0.15) is 42.1 Å². The van der Waals surface area contributed by atoms with Gasteiger partial charge in [-0.25, -0.2) is 4.52 Å². The molecule has 0 saturated heterocycles. The number of hydrogen-bond donors (Lipinski definition) is 1. The van der Waals surface area contributed by atoms with Crippen LogP contribution in [0.2, 0.25) is 0 Å². The van der Waals surface area contributed by atoms with Crippen molar-refractivity contribution in [3.05, 3.63) is 66.0 Å². The number of aryl methyl sites for hydroxylation is 1. The number of fused-ring (bicyclic) bond motifs is 1. The molecule has 26 heavy (non-hydrogen) atoms. The number of pyridine rings is 1. The Hall–Kier alpha value is -2.82. The Bertz CT molecular complexity index is 912. The summed E-state index contributed by atoms with van der Waals surface area (Å²) in [7, 11) is 0. The maximum atomic E-state index is 12.5. The van der Waals surface area contributed by atoms with E-state index in [1.165, 1.54) is 5.56 Å². The number of para-hydroxylation sites is 1. The van der Waals surface area contributed by atoms with E-state index in [1.54, 1.807) is 10.7 Å². The van der Waals surface area contributed by atoms with Crippen LogP contribution in [0, 0.1) is 0 Å². The molecule has 0 aliphatic heterocycles. The predicted molar refractivity (Wildman–Crippen MR) is 101 cm³/mol. The van der Waals surface area contributed by atoms with Crippen molar-refractivity contribution in [1.29, 1.82) is 0 Å². The maximum Gasteiger partial charge on any atom is 0.255 e. The lowest BCUT2D eigenvalue weighted by atomic mass is 9.89. The number of carbonyl (C=O) groups excluding carboxylic acids is 1. The van der Waals surface area contributed by atoms with Crippen LogP contribution in [-0.2, 0) is 6.42 Å². The minimum absolute atomic E-state index is 0.0685. The highest BCUT2D eigenvalue weighted by atomic mass is 16.5. The average molecular weight is 349 g/mol. The Balaban J connectivity index is 1.33. The predicted octanol–water partition coefficient (Wildman–Crippen LogP) is 3.63. The Morgan fingerprint density at radius 1 is 1.23 bits per heavy atom. The number of hydrogen-bond acceptors (Lipinski definition) is 3. The fourth-order valence-electron chi connectivity index (χ4n) is 3.43. The van der Waals surface area contributed by atoms with Crippen molar-refractivity contribution in [1.82, 2.24) is 14.9 Å². The zero-order chi connectivity index (χ0) is 17.9. The summed E-state index contributed by atoms with van der Waals surface area (Å²) < 4.78 is 7.85. The minimum Gasteiger partial charge on any atom is -0.490 e. The van der Waals surface area contributed by atoms with E-state index < -0.39 is 0 Å². The molecular weight excluding hydrogens is 326 g/mol. The summed E-state index contributed by atoms with van der Waals surface area (Å²) in [6.07, 6.45) is 7.44. The minimum atomic E-state index is -0.0685. The molecule has 1 aromatic carbocycles. The smallest absolute Gasteiger partial charge is 0.255 e. The number of benzene rings is 1. The van der Waals surface area contributed by atoms with E-state index in [1.807, 2.05) is 36.5 Å². The molecule has 1 saturated carbocycles. The molecule has 1 N–H and O–H groups in total. The number of amides is 1. The second-order valence-corrected chi connectivity index (χ2v) is 6.83. The third-order valence-corrected chi connectivity index (χ3v) is 4.89. The summed E-state index contributed by atoms with van der Waals surface area (Å²) in [5.41, 5.74) is 2.70. The van der Waals surface area contributed by atoms with Gasteiger partial charge in [0, 0.05) is 25.1 Å². The van der Waals surface area contributed by atoms with Gasteiger partial charge in [0.15, 0.2) is 0 Å². The number of aromatic nitrogens is 2. The first-order valence-electron chi connectivity index (χ1n) is 9.22. The highest BCUT2D eigenvalue weighted by Gasteiger charge is 2.33. The van der Waals surface area contributed by atoms with E-state index in [4.69, 9.17) is 4.74 Å². The number of carbonyl (C=O) groups is 1. The third-order valence-electron chi connectivity index (χ3n) is 4.89. The first-order valence-corrected chi connectivity index (χ1v) is 9.22. The normalized spacial score (nSPS) is 19.1. The molecule has 134 valence electrons. The molecule has 5 heteroatoms. The van der Waals surface area contributed by atoms with Gasteiger partial charge < -0.3 is 10.1 Å². The quantitative estimate of drug-likeness (QED) is 0.739. The van der Waals surface area contributed by atoms with Crippen LogP contribution >= 0.6 is 0 Å². The molecular formula is C21H23N3O2. The maximum absolute atomic E-state index is 12.5. The molecule has 2 heterocycles. The Labute approximate surface area is 153 Å². The van der Waals surface area contributed by atoms with Crippen molar-refractivity contribution in [2.24, 2.45) is 0 Å². The number of ether oxygens (including phenoxy) is 1. The van der Waals surface area contributed by atoms with Gasteiger partial charge in [-0.15, -0.1) is 0 Å². The summed E-state index contributed by atoms with van der Waals surface area (Å²) in [6, 6.07) is 14.1. The molecule has 2 aromatic heterocycles. The molecule has 0 atom stereocenters. The van der Waals surface area contributed by atoms with Gasteiger partial charge >= 0.3 is 0 Å². The molecule has 3 aromatic rings. The molecule has 4 rings (SSSR count). The fraction of sp³-hybridized carbons (Fsp3) is 0.333. The van der Waals surface area contributed by atoms with Crippen LogP contribution in [0.5, 0.6) is 5.75 Å². The topological polar surface area (TPSA) is 55.6 Å². The summed E-state index contributed by atoms with van der Waals surface area (Å²) in [4.78, 5) is 12.5. The van der Waals surface area contributed by atoms with Crippen molar-refractivity contribution in [3.8, 4) is 5.75 Å². The highest BCUT2D eigenvalue weighted by Crippen LogP contribution is 2.29. The van der Waals surface area contributed by atoms with Crippen LogP contribution in [0.15, 0.2) is 54.9 Å². The molecule has 5 nitrogen and oxygen atoms in total. The van der Waals surface area contributed by atoms with E-state index in [0.29, 0.717) is 5.56 Å². The molecule has 1 aliphatic rings. The first kappa shape index (κ1) is 16.6. The number of nitrogens with one attached hydrogen (secondary N) is 1. The van der Waals surface area contributed by atoms with Crippen LogP contribution in [0.25, 0.3) is 5.52 Å². The van der Waals surface area contributed by atoms with Gasteiger partial charge in [-0.1, -0.05) is 37.6 Å². The monoisotopic (exact) mass is 349 g/mol. The average Bonchev–Trinajstić information content (AvgIpc) is 3.05. The van der Waals surface area contributed by atoms with Gasteiger partial charge in [-0.2, -0.15) is 5.10 Å². The summed E-state index contributed by atoms with van der Waals surface area (Å²) in [6.45, 7) is 2.17.